The van der Waals surface area contributed by atoms with Gasteiger partial charge in [0, 0.05) is 10.6 Å². The average Bonchev–Trinajstić information content (AvgIpc) is 2.69. The van der Waals surface area contributed by atoms with Gasteiger partial charge in [-0.05, 0) is 41.5 Å². The summed E-state index contributed by atoms with van der Waals surface area (Å²) in [5.74, 6) is 0.321. The molecule has 3 rings (SSSR count). The molecule has 1 amide bonds. The molecule has 0 heterocycles. The molecule has 6 heteroatoms. The van der Waals surface area contributed by atoms with Crippen molar-refractivity contribution < 1.29 is 9.53 Å². The van der Waals surface area contributed by atoms with Crippen LogP contribution in [0.3, 0.4) is 0 Å². The van der Waals surface area contributed by atoms with Gasteiger partial charge in [0.2, 0.25) is 0 Å². The lowest BCUT2D eigenvalue weighted by atomic mass is 10.0. The Bertz CT molecular complexity index is 1020. The van der Waals surface area contributed by atoms with Crippen molar-refractivity contribution in [2.75, 3.05) is 6.61 Å². The number of rotatable bonds is 7. The molecule has 3 aromatic carbocycles. The molecule has 28 heavy (non-hydrogen) atoms. The summed E-state index contributed by atoms with van der Waals surface area (Å²) in [7, 11) is 0. The number of hydrogen-bond donors (Lipinski definition) is 1. The Labute approximate surface area is 174 Å². The van der Waals surface area contributed by atoms with Crippen molar-refractivity contribution in [1.29, 1.82) is 0 Å². The van der Waals surface area contributed by atoms with Gasteiger partial charge in [-0.2, -0.15) is 5.10 Å². The van der Waals surface area contributed by atoms with Crippen molar-refractivity contribution in [3.05, 3.63) is 75.8 Å². The number of fused-ring (bicyclic) bond motifs is 1. The van der Waals surface area contributed by atoms with E-state index in [2.05, 4.69) is 17.5 Å². The quantitative estimate of drug-likeness (QED) is 0.288. The van der Waals surface area contributed by atoms with Gasteiger partial charge in [-0.15, -0.1) is 0 Å². The van der Waals surface area contributed by atoms with Gasteiger partial charge < -0.3 is 4.74 Å². The van der Waals surface area contributed by atoms with Gasteiger partial charge in [-0.1, -0.05) is 66.9 Å². The number of unbranched alkanes of at least 4 members (excludes halogenated alkanes) is 1. The van der Waals surface area contributed by atoms with Crippen molar-refractivity contribution in [1.82, 2.24) is 5.43 Å². The molecule has 0 aliphatic heterocycles. The van der Waals surface area contributed by atoms with E-state index >= 15 is 0 Å². The van der Waals surface area contributed by atoms with E-state index in [4.69, 9.17) is 27.9 Å². The molecule has 0 saturated heterocycles. The van der Waals surface area contributed by atoms with E-state index in [0.717, 1.165) is 34.9 Å². The molecule has 1 N–H and O–H groups in total. The number of carbonyl (C=O) groups is 1. The number of hydrogen-bond acceptors (Lipinski definition) is 3. The van der Waals surface area contributed by atoms with E-state index in [-0.39, 0.29) is 5.02 Å². The highest BCUT2D eigenvalue weighted by Crippen LogP contribution is 2.27. The fraction of sp³-hybridized carbons (Fsp3) is 0.182. The van der Waals surface area contributed by atoms with Crippen molar-refractivity contribution in [2.45, 2.75) is 19.8 Å². The number of halogens is 2. The lowest BCUT2D eigenvalue weighted by molar-refractivity contribution is 0.0955. The highest BCUT2D eigenvalue weighted by atomic mass is 35.5. The molecular weight excluding hydrogens is 395 g/mol. The summed E-state index contributed by atoms with van der Waals surface area (Å²) in [6, 6.07) is 16.6. The third kappa shape index (κ3) is 4.83. The minimum atomic E-state index is -0.411. The highest BCUT2D eigenvalue weighted by Gasteiger charge is 2.11. The van der Waals surface area contributed by atoms with Crippen LogP contribution in [0.4, 0.5) is 0 Å². The number of ether oxygens (including phenoxy) is 1. The Kier molecular flexibility index (Phi) is 6.90. The van der Waals surface area contributed by atoms with Crippen molar-refractivity contribution in [3.8, 4) is 5.75 Å². The van der Waals surface area contributed by atoms with Crippen LogP contribution in [-0.4, -0.2) is 18.7 Å². The van der Waals surface area contributed by atoms with E-state index in [1.165, 1.54) is 6.07 Å². The summed E-state index contributed by atoms with van der Waals surface area (Å²) in [6.45, 7) is 2.74. The van der Waals surface area contributed by atoms with E-state index in [9.17, 15) is 4.79 Å². The number of hydrazone groups is 1. The molecule has 4 nitrogen and oxygen atoms in total. The molecule has 0 unspecified atom stereocenters. The molecule has 3 aromatic rings. The number of nitrogens with one attached hydrogen (secondary N) is 1. The number of amides is 1. The molecule has 0 fully saturated rings. The zero-order valence-corrected chi connectivity index (χ0v) is 16.9. The fourth-order valence-corrected chi connectivity index (χ4v) is 3.24. The lowest BCUT2D eigenvalue weighted by Crippen LogP contribution is -2.18. The van der Waals surface area contributed by atoms with Gasteiger partial charge in [-0.25, -0.2) is 5.43 Å². The normalized spacial score (nSPS) is 11.1. The molecule has 0 aromatic heterocycles. The largest absolute Gasteiger partial charge is 0.493 e. The van der Waals surface area contributed by atoms with Gasteiger partial charge >= 0.3 is 0 Å². The van der Waals surface area contributed by atoms with Crippen LogP contribution >= 0.6 is 23.2 Å². The lowest BCUT2D eigenvalue weighted by Gasteiger charge is -2.11. The first-order chi connectivity index (χ1) is 13.6. The molecular formula is C22H20Cl2N2O2. The summed E-state index contributed by atoms with van der Waals surface area (Å²) >= 11 is 11.9. The minimum absolute atomic E-state index is 0.272. The first kappa shape index (κ1) is 20.2. The third-order valence-electron chi connectivity index (χ3n) is 4.22. The van der Waals surface area contributed by atoms with Gasteiger partial charge in [0.25, 0.3) is 5.91 Å². The predicted molar refractivity (Wildman–Crippen MR) is 116 cm³/mol. The van der Waals surface area contributed by atoms with Gasteiger partial charge in [0.05, 0.1) is 23.4 Å². The van der Waals surface area contributed by atoms with E-state index < -0.39 is 5.91 Å². The summed E-state index contributed by atoms with van der Waals surface area (Å²) in [5, 5.41) is 6.93. The summed E-state index contributed by atoms with van der Waals surface area (Å²) in [5.41, 5.74) is 3.64. The first-order valence-electron chi connectivity index (χ1n) is 9.03. The van der Waals surface area contributed by atoms with Crippen LogP contribution in [0, 0.1) is 0 Å². The van der Waals surface area contributed by atoms with E-state index in [1.807, 2.05) is 36.4 Å². The summed E-state index contributed by atoms with van der Waals surface area (Å²) < 4.78 is 5.92. The predicted octanol–water partition coefficient (Wildman–Crippen LogP) is 6.09. The first-order valence-corrected chi connectivity index (χ1v) is 9.78. The maximum atomic E-state index is 12.3. The standard InChI is InChI=1S/C22H20Cl2N2O2/c1-2-3-12-28-21-11-8-15-6-4-5-7-17(15)19(21)14-25-26-22(27)18-10-9-16(23)13-20(18)24/h4-11,13-14H,2-3,12H2,1H3,(H,26,27)/b25-14+. The van der Waals surface area contributed by atoms with E-state index in [0.29, 0.717) is 17.2 Å². The second kappa shape index (κ2) is 9.58. The second-order valence-corrected chi connectivity index (χ2v) is 7.07. The van der Waals surface area contributed by atoms with Crippen LogP contribution in [0.25, 0.3) is 10.8 Å². The van der Waals surface area contributed by atoms with Crippen LogP contribution in [-0.2, 0) is 0 Å². The Morgan fingerprint density at radius 3 is 2.75 bits per heavy atom. The third-order valence-corrected chi connectivity index (χ3v) is 4.77. The average molecular weight is 415 g/mol. The topological polar surface area (TPSA) is 50.7 Å². The van der Waals surface area contributed by atoms with Crippen LogP contribution in [0.5, 0.6) is 5.75 Å². The van der Waals surface area contributed by atoms with Crippen molar-refractivity contribution >= 4 is 46.1 Å². The minimum Gasteiger partial charge on any atom is -0.493 e. The highest BCUT2D eigenvalue weighted by molar-refractivity contribution is 6.36. The van der Waals surface area contributed by atoms with Crippen LogP contribution < -0.4 is 10.2 Å². The second-order valence-electron chi connectivity index (χ2n) is 6.22. The SMILES string of the molecule is CCCCOc1ccc2ccccc2c1/C=N/NC(=O)c1ccc(Cl)cc1Cl. The van der Waals surface area contributed by atoms with Crippen LogP contribution in [0.15, 0.2) is 59.7 Å². The van der Waals surface area contributed by atoms with E-state index in [1.54, 1.807) is 18.3 Å². The molecule has 0 atom stereocenters. The zero-order valence-electron chi connectivity index (χ0n) is 15.4. The Morgan fingerprint density at radius 1 is 1.14 bits per heavy atom. The fourth-order valence-electron chi connectivity index (χ4n) is 2.75. The molecule has 0 bridgehead atoms. The Balaban J connectivity index is 1.85. The molecule has 0 spiro atoms. The van der Waals surface area contributed by atoms with Gasteiger partial charge in [-0.3, -0.25) is 4.79 Å². The molecule has 0 radical (unpaired) electrons. The van der Waals surface area contributed by atoms with Crippen molar-refractivity contribution in [3.63, 3.8) is 0 Å². The van der Waals surface area contributed by atoms with Crippen LogP contribution in [0.1, 0.15) is 35.7 Å². The summed E-state index contributed by atoms with van der Waals surface area (Å²) in [4.78, 5) is 12.3. The Morgan fingerprint density at radius 2 is 1.96 bits per heavy atom. The number of benzene rings is 3. The molecule has 0 aliphatic carbocycles. The summed E-state index contributed by atoms with van der Waals surface area (Å²) in [6.07, 6.45) is 3.62. The van der Waals surface area contributed by atoms with Crippen molar-refractivity contribution in [2.24, 2.45) is 5.10 Å². The monoisotopic (exact) mass is 414 g/mol. The Hall–Kier alpha value is -2.56. The maximum Gasteiger partial charge on any atom is 0.272 e. The molecule has 0 aliphatic rings. The van der Waals surface area contributed by atoms with Gasteiger partial charge in [0.1, 0.15) is 5.75 Å². The van der Waals surface area contributed by atoms with Gasteiger partial charge in [0.15, 0.2) is 0 Å². The smallest absolute Gasteiger partial charge is 0.272 e. The molecule has 144 valence electrons. The zero-order chi connectivity index (χ0) is 19.9. The molecule has 0 saturated carbocycles. The number of carbonyl (C=O) groups excluding carboxylic acids is 1. The number of nitrogens with zero attached hydrogens (tertiary/aromatic N) is 1. The maximum absolute atomic E-state index is 12.3. The van der Waals surface area contributed by atoms with Crippen LogP contribution in [0.2, 0.25) is 10.0 Å².